The van der Waals surface area contributed by atoms with Crippen molar-refractivity contribution < 1.29 is 14.1 Å². The topological polar surface area (TPSA) is 61.6 Å². The smallest absolute Gasteiger partial charge is 0.400 e. The fourth-order valence-corrected chi connectivity index (χ4v) is 3.08. The zero-order valence-corrected chi connectivity index (χ0v) is 14.0. The summed E-state index contributed by atoms with van der Waals surface area (Å²) in [6, 6.07) is 1.88. The second-order valence-electron chi connectivity index (χ2n) is 6.33. The van der Waals surface area contributed by atoms with Crippen molar-refractivity contribution in [1.82, 2.24) is 0 Å². The van der Waals surface area contributed by atoms with Crippen molar-refractivity contribution in [2.75, 3.05) is 6.54 Å². The molecular weight excluding hydrogens is 285 g/mol. The van der Waals surface area contributed by atoms with Crippen LogP contribution in [0.25, 0.3) is 6.08 Å². The van der Waals surface area contributed by atoms with Gasteiger partial charge in [0.15, 0.2) is 6.29 Å². The maximum atomic E-state index is 10.9. The lowest BCUT2D eigenvalue weighted by atomic mass is 9.77. The quantitative estimate of drug-likeness (QED) is 0.686. The molecular formula is C15H22BNO3S. The van der Waals surface area contributed by atoms with Gasteiger partial charge in [0.1, 0.15) is 0 Å². The average Bonchev–Trinajstić information content (AvgIpc) is 2.84. The molecule has 1 aromatic heterocycles. The Bertz CT molecular complexity index is 561. The molecule has 1 aromatic rings. The Morgan fingerprint density at radius 1 is 1.33 bits per heavy atom. The summed E-state index contributed by atoms with van der Waals surface area (Å²) in [7, 11) is -0.443. The van der Waals surface area contributed by atoms with Gasteiger partial charge in [0.05, 0.1) is 16.1 Å². The molecule has 4 nitrogen and oxygen atoms in total. The zero-order valence-electron chi connectivity index (χ0n) is 13.2. The summed E-state index contributed by atoms with van der Waals surface area (Å²) in [6.07, 6.45) is 2.85. The van der Waals surface area contributed by atoms with Gasteiger partial charge in [-0.05, 0) is 57.8 Å². The van der Waals surface area contributed by atoms with E-state index in [-0.39, 0.29) is 11.2 Å². The van der Waals surface area contributed by atoms with Crippen molar-refractivity contribution in [3.05, 3.63) is 26.9 Å². The standard InChI is InChI=1S/C15H22BNO3S/c1-10-6-12(9-18)21-13(10)7-11(8-17)16-19-14(2,3)15(4,5)20-16/h6-7,9H,8,17H2,1-5H3. The highest BCUT2D eigenvalue weighted by Gasteiger charge is 2.52. The van der Waals surface area contributed by atoms with Crippen LogP contribution in [0.5, 0.6) is 0 Å². The van der Waals surface area contributed by atoms with E-state index < -0.39 is 7.12 Å². The third-order valence-corrected chi connectivity index (χ3v) is 5.31. The van der Waals surface area contributed by atoms with Crippen LogP contribution in [0.4, 0.5) is 0 Å². The fraction of sp³-hybridized carbons (Fsp3) is 0.533. The first-order valence-electron chi connectivity index (χ1n) is 7.02. The molecule has 1 fully saturated rings. The number of thiophene rings is 1. The Labute approximate surface area is 130 Å². The van der Waals surface area contributed by atoms with E-state index in [0.29, 0.717) is 11.4 Å². The molecule has 2 N–H and O–H groups in total. The highest BCUT2D eigenvalue weighted by atomic mass is 32.1. The highest BCUT2D eigenvalue weighted by molar-refractivity contribution is 7.14. The molecule has 21 heavy (non-hydrogen) atoms. The van der Waals surface area contributed by atoms with Crippen LogP contribution < -0.4 is 5.73 Å². The van der Waals surface area contributed by atoms with E-state index >= 15 is 0 Å². The molecule has 1 aliphatic rings. The molecule has 1 saturated heterocycles. The summed E-state index contributed by atoms with van der Waals surface area (Å²) in [6.45, 7) is 10.4. The molecule has 0 saturated carbocycles. The van der Waals surface area contributed by atoms with Gasteiger partial charge in [-0.3, -0.25) is 4.79 Å². The lowest BCUT2D eigenvalue weighted by Crippen LogP contribution is -2.41. The number of hydrogen-bond acceptors (Lipinski definition) is 5. The Balaban J connectivity index is 2.30. The lowest BCUT2D eigenvalue weighted by molar-refractivity contribution is 0.00578. The van der Waals surface area contributed by atoms with Gasteiger partial charge in [-0.25, -0.2) is 0 Å². The van der Waals surface area contributed by atoms with Crippen molar-refractivity contribution in [1.29, 1.82) is 0 Å². The van der Waals surface area contributed by atoms with Gasteiger partial charge in [0.2, 0.25) is 0 Å². The Morgan fingerprint density at radius 3 is 2.33 bits per heavy atom. The van der Waals surface area contributed by atoms with Crippen molar-refractivity contribution >= 4 is 30.8 Å². The molecule has 2 heterocycles. The summed E-state index contributed by atoms with van der Waals surface area (Å²) in [5.41, 5.74) is 7.05. The molecule has 0 radical (unpaired) electrons. The van der Waals surface area contributed by atoms with Crippen molar-refractivity contribution in [3.63, 3.8) is 0 Å². The van der Waals surface area contributed by atoms with Crippen LogP contribution in [-0.4, -0.2) is 31.2 Å². The van der Waals surface area contributed by atoms with Crippen LogP contribution in [0, 0.1) is 6.92 Å². The Morgan fingerprint density at radius 2 is 1.90 bits per heavy atom. The second kappa shape index (κ2) is 5.68. The third kappa shape index (κ3) is 3.13. The van der Waals surface area contributed by atoms with Gasteiger partial charge in [-0.2, -0.15) is 0 Å². The van der Waals surface area contributed by atoms with Gasteiger partial charge >= 0.3 is 7.12 Å². The molecule has 1 aliphatic heterocycles. The van der Waals surface area contributed by atoms with Gasteiger partial charge in [-0.15, -0.1) is 11.3 Å². The number of aryl methyl sites for hydroxylation is 1. The first-order valence-corrected chi connectivity index (χ1v) is 7.83. The van der Waals surface area contributed by atoms with E-state index in [2.05, 4.69) is 0 Å². The predicted octanol–water partition coefficient (Wildman–Crippen LogP) is 2.84. The molecule has 6 heteroatoms. The number of hydrogen-bond donors (Lipinski definition) is 1. The summed E-state index contributed by atoms with van der Waals surface area (Å²) in [4.78, 5) is 12.6. The van der Waals surface area contributed by atoms with E-state index in [9.17, 15) is 4.79 Å². The minimum absolute atomic E-state index is 0.352. The summed E-state index contributed by atoms with van der Waals surface area (Å²) in [5, 5.41) is 0. The summed E-state index contributed by atoms with van der Waals surface area (Å²) >= 11 is 1.45. The van der Waals surface area contributed by atoms with Crippen LogP contribution in [0.1, 0.15) is 47.8 Å². The molecule has 0 atom stereocenters. The highest BCUT2D eigenvalue weighted by Crippen LogP contribution is 2.39. The Hall–Kier alpha value is -0.945. The molecule has 0 amide bonds. The number of aldehydes is 1. The van der Waals surface area contributed by atoms with E-state index in [4.69, 9.17) is 15.0 Å². The molecule has 0 bridgehead atoms. The largest absolute Gasteiger partial charge is 0.491 e. The zero-order chi connectivity index (χ0) is 15.8. The minimum atomic E-state index is -0.443. The number of nitrogens with two attached hydrogens (primary N) is 1. The molecule has 114 valence electrons. The van der Waals surface area contributed by atoms with Gasteiger partial charge in [-0.1, -0.05) is 0 Å². The van der Waals surface area contributed by atoms with Gasteiger partial charge in [0, 0.05) is 11.4 Å². The molecule has 0 aliphatic carbocycles. The average molecular weight is 307 g/mol. The van der Waals surface area contributed by atoms with Crippen molar-refractivity contribution in [3.8, 4) is 0 Å². The van der Waals surface area contributed by atoms with E-state index in [0.717, 1.165) is 22.2 Å². The summed E-state index contributed by atoms with van der Waals surface area (Å²) < 4.78 is 12.1. The first kappa shape index (κ1) is 16.4. The van der Waals surface area contributed by atoms with Crippen molar-refractivity contribution in [2.24, 2.45) is 5.73 Å². The van der Waals surface area contributed by atoms with E-state index in [1.165, 1.54) is 11.3 Å². The van der Waals surface area contributed by atoms with Crippen LogP contribution >= 0.6 is 11.3 Å². The molecule has 0 spiro atoms. The minimum Gasteiger partial charge on any atom is -0.400 e. The maximum absolute atomic E-state index is 10.9. The van der Waals surface area contributed by atoms with E-state index in [1.807, 2.05) is 46.8 Å². The predicted molar refractivity (Wildman–Crippen MR) is 87.6 cm³/mol. The van der Waals surface area contributed by atoms with Crippen LogP contribution in [0.15, 0.2) is 11.5 Å². The fourth-order valence-electron chi connectivity index (χ4n) is 2.11. The number of carbonyl (C=O) groups is 1. The van der Waals surface area contributed by atoms with Crippen molar-refractivity contribution in [2.45, 2.75) is 45.8 Å². The number of carbonyl (C=O) groups excluding carboxylic acids is 1. The summed E-state index contributed by atoms with van der Waals surface area (Å²) in [5.74, 6) is 0. The number of rotatable bonds is 4. The molecule has 2 rings (SSSR count). The SMILES string of the molecule is Cc1cc(C=O)sc1C=C(CN)B1OC(C)(C)C(C)(C)O1. The molecule has 0 unspecified atom stereocenters. The normalized spacial score (nSPS) is 20.9. The monoisotopic (exact) mass is 307 g/mol. The maximum Gasteiger partial charge on any atom is 0.491 e. The van der Waals surface area contributed by atoms with Crippen LogP contribution in [0.3, 0.4) is 0 Å². The Kier molecular flexibility index (Phi) is 4.45. The van der Waals surface area contributed by atoms with Gasteiger partial charge in [0.25, 0.3) is 0 Å². The van der Waals surface area contributed by atoms with Crippen LogP contribution in [-0.2, 0) is 9.31 Å². The van der Waals surface area contributed by atoms with E-state index in [1.54, 1.807) is 0 Å². The molecule has 0 aromatic carbocycles. The first-order chi connectivity index (χ1) is 9.70. The van der Waals surface area contributed by atoms with Crippen LogP contribution in [0.2, 0.25) is 0 Å². The second-order valence-corrected chi connectivity index (χ2v) is 7.44. The van der Waals surface area contributed by atoms with Gasteiger partial charge < -0.3 is 15.0 Å². The third-order valence-electron chi connectivity index (χ3n) is 4.20. The lowest BCUT2D eigenvalue weighted by Gasteiger charge is -2.32.